The van der Waals surface area contributed by atoms with Crippen LogP contribution in [-0.2, 0) is 4.57 Å². The third-order valence-corrected chi connectivity index (χ3v) is 5.10. The molecular formula is C9H15N2OP. The van der Waals surface area contributed by atoms with Crippen molar-refractivity contribution >= 4 is 13.0 Å². The molecule has 4 heteroatoms. The van der Waals surface area contributed by atoms with Gasteiger partial charge in [-0.15, -0.1) is 0 Å². The molecule has 0 bridgehead atoms. The van der Waals surface area contributed by atoms with E-state index in [-0.39, 0.29) is 5.31 Å². The van der Waals surface area contributed by atoms with Crippen molar-refractivity contribution in [1.29, 1.82) is 10.7 Å². The highest BCUT2D eigenvalue weighted by Gasteiger charge is 2.24. The lowest BCUT2D eigenvalue weighted by Crippen LogP contribution is -1.95. The Kier molecular flexibility index (Phi) is 5.39. The summed E-state index contributed by atoms with van der Waals surface area (Å²) in [4.78, 5) is 0. The molecule has 1 unspecified atom stereocenters. The van der Waals surface area contributed by atoms with Gasteiger partial charge in [-0.3, -0.25) is 5.41 Å². The topological polar surface area (TPSA) is 64.7 Å². The Hall–Kier alpha value is -0.830. The van der Waals surface area contributed by atoms with Crippen molar-refractivity contribution < 1.29 is 4.57 Å². The molecule has 0 aliphatic rings. The summed E-state index contributed by atoms with van der Waals surface area (Å²) in [7, 11) is -2.57. The minimum atomic E-state index is -2.57. The molecule has 0 aromatic carbocycles. The maximum Gasteiger partial charge on any atom is 0.149 e. The van der Waals surface area contributed by atoms with Gasteiger partial charge < -0.3 is 4.57 Å². The quantitative estimate of drug-likeness (QED) is 0.419. The van der Waals surface area contributed by atoms with Crippen molar-refractivity contribution in [2.24, 2.45) is 0 Å². The van der Waals surface area contributed by atoms with Gasteiger partial charge >= 0.3 is 0 Å². The summed E-state index contributed by atoms with van der Waals surface area (Å²) >= 11 is 0. The maximum absolute atomic E-state index is 12.1. The fourth-order valence-corrected chi connectivity index (χ4v) is 3.13. The first-order chi connectivity index (χ1) is 6.14. The summed E-state index contributed by atoms with van der Waals surface area (Å²) in [6, 6.07) is 1.81. The third kappa shape index (κ3) is 3.19. The van der Waals surface area contributed by atoms with E-state index >= 15 is 0 Å². The van der Waals surface area contributed by atoms with Crippen LogP contribution >= 0.6 is 7.14 Å². The van der Waals surface area contributed by atoms with Crippen LogP contribution in [0.1, 0.15) is 26.7 Å². The molecule has 1 N–H and O–H groups in total. The lowest BCUT2D eigenvalue weighted by molar-refractivity contribution is 0.578. The molecule has 0 saturated heterocycles. The zero-order chi connectivity index (χ0) is 10.3. The average Bonchev–Trinajstić information content (AvgIpc) is 2.16. The van der Waals surface area contributed by atoms with Gasteiger partial charge in [-0.2, -0.15) is 5.26 Å². The number of rotatable bonds is 5. The lowest BCUT2D eigenvalue weighted by Gasteiger charge is -2.12. The van der Waals surface area contributed by atoms with Crippen LogP contribution in [0.3, 0.4) is 0 Å². The number of hydrogen-bond acceptors (Lipinski definition) is 3. The van der Waals surface area contributed by atoms with E-state index in [4.69, 9.17) is 10.7 Å². The molecule has 0 amide bonds. The molecule has 0 radical (unpaired) electrons. The van der Waals surface area contributed by atoms with Crippen LogP contribution in [0.15, 0.2) is 5.31 Å². The van der Waals surface area contributed by atoms with Gasteiger partial charge in [0.15, 0.2) is 0 Å². The molecule has 0 aromatic rings. The molecule has 0 saturated carbocycles. The van der Waals surface area contributed by atoms with Crippen molar-refractivity contribution in [2.45, 2.75) is 26.7 Å². The van der Waals surface area contributed by atoms with Crippen LogP contribution in [0.25, 0.3) is 0 Å². The molecule has 3 nitrogen and oxygen atoms in total. The molecule has 0 rings (SSSR count). The Morgan fingerprint density at radius 3 is 2.46 bits per heavy atom. The second kappa shape index (κ2) is 5.75. The van der Waals surface area contributed by atoms with Gasteiger partial charge in [0, 0.05) is 18.2 Å². The summed E-state index contributed by atoms with van der Waals surface area (Å²) in [5.41, 5.74) is 0. The van der Waals surface area contributed by atoms with E-state index < -0.39 is 7.14 Å². The highest BCUT2D eigenvalue weighted by molar-refractivity contribution is 7.68. The third-order valence-electron chi connectivity index (χ3n) is 2.02. The minimum Gasteiger partial charge on any atom is -0.317 e. The van der Waals surface area contributed by atoms with Gasteiger partial charge in [0.05, 0.1) is 0 Å². The smallest absolute Gasteiger partial charge is 0.149 e. The van der Waals surface area contributed by atoms with Crippen molar-refractivity contribution in [2.75, 3.05) is 12.3 Å². The van der Waals surface area contributed by atoms with Crippen LogP contribution in [0, 0.1) is 16.7 Å². The highest BCUT2D eigenvalue weighted by Crippen LogP contribution is 2.52. The fraction of sp³-hybridized carbons (Fsp3) is 0.667. The average molecular weight is 198 g/mol. The maximum atomic E-state index is 12.1. The SMILES string of the molecule is CCCCP(=O)(CC)C(=C=N)C#N. The van der Waals surface area contributed by atoms with Gasteiger partial charge in [0.2, 0.25) is 0 Å². The van der Waals surface area contributed by atoms with Crippen LogP contribution < -0.4 is 0 Å². The molecule has 0 spiro atoms. The van der Waals surface area contributed by atoms with Gasteiger partial charge in [-0.05, 0) is 6.42 Å². The summed E-state index contributed by atoms with van der Waals surface area (Å²) in [6.45, 7) is 3.81. The largest absolute Gasteiger partial charge is 0.317 e. The van der Waals surface area contributed by atoms with Crippen molar-refractivity contribution in [1.82, 2.24) is 0 Å². The predicted octanol–water partition coefficient (Wildman–Crippen LogP) is 2.83. The molecule has 0 heterocycles. The zero-order valence-electron chi connectivity index (χ0n) is 8.13. The Labute approximate surface area is 79.3 Å². The van der Waals surface area contributed by atoms with Crippen molar-refractivity contribution in [3.63, 3.8) is 0 Å². The molecule has 72 valence electrons. The number of nitrogens with one attached hydrogen (secondary N) is 1. The van der Waals surface area contributed by atoms with E-state index in [0.29, 0.717) is 12.3 Å². The van der Waals surface area contributed by atoms with Crippen LogP contribution in [0.5, 0.6) is 0 Å². The minimum absolute atomic E-state index is 0.0449. The van der Waals surface area contributed by atoms with Gasteiger partial charge in [-0.1, -0.05) is 20.3 Å². The van der Waals surface area contributed by atoms with Crippen LogP contribution in [-0.4, -0.2) is 18.2 Å². The first-order valence-electron chi connectivity index (χ1n) is 4.43. The van der Waals surface area contributed by atoms with E-state index in [9.17, 15) is 4.57 Å². The molecule has 1 atom stereocenters. The summed E-state index contributed by atoms with van der Waals surface area (Å²) < 4.78 is 12.1. The van der Waals surface area contributed by atoms with Gasteiger partial charge in [0.1, 0.15) is 18.5 Å². The van der Waals surface area contributed by atoms with Crippen LogP contribution in [0.4, 0.5) is 0 Å². The number of allylic oxidation sites excluding steroid dienone is 1. The van der Waals surface area contributed by atoms with Gasteiger partial charge in [-0.25, -0.2) is 0 Å². The van der Waals surface area contributed by atoms with Gasteiger partial charge in [0.25, 0.3) is 0 Å². The second-order valence-corrected chi connectivity index (χ2v) is 6.17. The number of unbranched alkanes of at least 4 members (excludes halogenated alkanes) is 1. The second-order valence-electron chi connectivity index (χ2n) is 2.87. The van der Waals surface area contributed by atoms with E-state index in [2.05, 4.69) is 0 Å². The lowest BCUT2D eigenvalue weighted by atomic mass is 10.4. The Morgan fingerprint density at radius 2 is 2.15 bits per heavy atom. The van der Waals surface area contributed by atoms with E-state index in [1.807, 2.05) is 18.9 Å². The van der Waals surface area contributed by atoms with E-state index in [1.54, 1.807) is 6.92 Å². The highest BCUT2D eigenvalue weighted by atomic mass is 31.2. The Morgan fingerprint density at radius 1 is 1.54 bits per heavy atom. The summed E-state index contributed by atoms with van der Waals surface area (Å²) in [5, 5.41) is 15.6. The Balaban J connectivity index is 4.75. The molecular weight excluding hydrogens is 183 g/mol. The molecule has 0 aliphatic heterocycles. The van der Waals surface area contributed by atoms with E-state index in [1.165, 1.54) is 0 Å². The Bertz CT molecular complexity index is 297. The molecule has 0 fully saturated rings. The molecule has 13 heavy (non-hydrogen) atoms. The van der Waals surface area contributed by atoms with Crippen molar-refractivity contribution in [3.8, 4) is 6.07 Å². The normalized spacial score (nSPS) is 13.9. The van der Waals surface area contributed by atoms with Crippen molar-refractivity contribution in [3.05, 3.63) is 5.31 Å². The summed E-state index contributed by atoms with van der Waals surface area (Å²) in [6.07, 6.45) is 2.80. The van der Waals surface area contributed by atoms with E-state index in [0.717, 1.165) is 12.8 Å². The number of nitrogens with zero attached hydrogens (tertiary/aromatic N) is 1. The molecule has 0 aromatic heterocycles. The summed E-state index contributed by atoms with van der Waals surface area (Å²) in [5.74, 6) is 1.99. The standard InChI is InChI=1S/C9H15N2OP/c1-3-5-6-13(12,4-2)9(7-10)8-11/h10H,3-6H2,1-2H3. The first-order valence-corrected chi connectivity index (χ1v) is 6.50. The van der Waals surface area contributed by atoms with Crippen LogP contribution in [0.2, 0.25) is 0 Å². The predicted molar refractivity (Wildman–Crippen MR) is 54.8 cm³/mol. The first kappa shape index (κ1) is 12.2. The molecule has 0 aliphatic carbocycles. The fourth-order valence-electron chi connectivity index (χ4n) is 1.06. The zero-order valence-corrected chi connectivity index (χ0v) is 9.03. The monoisotopic (exact) mass is 198 g/mol. The number of hydrogen-bond donors (Lipinski definition) is 1. The number of nitriles is 1.